The SMILES string of the molecule is O=C(Cc1ccc(C(F)(F)F)cc1)NC1(C(=O)O)CC1. The largest absolute Gasteiger partial charge is 0.480 e. The zero-order valence-corrected chi connectivity index (χ0v) is 10.3. The number of hydrogen-bond acceptors (Lipinski definition) is 2. The summed E-state index contributed by atoms with van der Waals surface area (Å²) in [6.45, 7) is 0. The minimum Gasteiger partial charge on any atom is -0.480 e. The highest BCUT2D eigenvalue weighted by Gasteiger charge is 2.51. The number of benzene rings is 1. The van der Waals surface area contributed by atoms with Crippen molar-refractivity contribution >= 4 is 11.9 Å². The molecular formula is C13H12F3NO3. The summed E-state index contributed by atoms with van der Waals surface area (Å²) in [5.41, 5.74) is -1.56. The molecule has 0 unspecified atom stereocenters. The van der Waals surface area contributed by atoms with E-state index in [2.05, 4.69) is 5.32 Å². The van der Waals surface area contributed by atoms with Gasteiger partial charge in [-0.3, -0.25) is 4.79 Å². The number of alkyl halides is 3. The Bertz CT molecular complexity index is 533. The number of rotatable bonds is 4. The number of hydrogen-bond donors (Lipinski definition) is 2. The van der Waals surface area contributed by atoms with Crippen LogP contribution in [0.3, 0.4) is 0 Å². The summed E-state index contributed by atoms with van der Waals surface area (Å²) in [4.78, 5) is 22.5. The van der Waals surface area contributed by atoms with Crippen LogP contribution in [0.25, 0.3) is 0 Å². The first-order chi connectivity index (χ1) is 9.23. The molecule has 1 aromatic carbocycles. The molecule has 2 rings (SSSR count). The van der Waals surface area contributed by atoms with Crippen LogP contribution in [-0.2, 0) is 22.2 Å². The predicted octanol–water partition coefficient (Wildman–Crippen LogP) is 1.98. The maximum atomic E-state index is 12.4. The van der Waals surface area contributed by atoms with Crippen molar-refractivity contribution in [3.05, 3.63) is 35.4 Å². The van der Waals surface area contributed by atoms with Gasteiger partial charge in [0.05, 0.1) is 12.0 Å². The molecule has 0 aliphatic heterocycles. The van der Waals surface area contributed by atoms with E-state index in [4.69, 9.17) is 5.11 Å². The van der Waals surface area contributed by atoms with Crippen LogP contribution < -0.4 is 5.32 Å². The van der Waals surface area contributed by atoms with Crippen LogP contribution in [0, 0.1) is 0 Å². The van der Waals surface area contributed by atoms with Crippen LogP contribution in [-0.4, -0.2) is 22.5 Å². The van der Waals surface area contributed by atoms with Crippen LogP contribution in [0.1, 0.15) is 24.0 Å². The first-order valence-corrected chi connectivity index (χ1v) is 5.93. The summed E-state index contributed by atoms with van der Waals surface area (Å²) in [7, 11) is 0. The lowest BCUT2D eigenvalue weighted by Gasteiger charge is -2.12. The van der Waals surface area contributed by atoms with Crippen molar-refractivity contribution in [2.75, 3.05) is 0 Å². The van der Waals surface area contributed by atoms with Crippen LogP contribution in [0.2, 0.25) is 0 Å². The van der Waals surface area contributed by atoms with Gasteiger partial charge in [0.2, 0.25) is 5.91 Å². The number of carboxylic acids is 1. The minimum atomic E-state index is -4.41. The Morgan fingerprint density at radius 3 is 2.15 bits per heavy atom. The Labute approximate surface area is 112 Å². The fourth-order valence-corrected chi connectivity index (χ4v) is 1.83. The van der Waals surface area contributed by atoms with Gasteiger partial charge < -0.3 is 10.4 Å². The van der Waals surface area contributed by atoms with Crippen molar-refractivity contribution in [2.45, 2.75) is 31.0 Å². The number of carbonyl (C=O) groups is 2. The number of carbonyl (C=O) groups excluding carboxylic acids is 1. The Balaban J connectivity index is 1.97. The van der Waals surface area contributed by atoms with Crippen molar-refractivity contribution in [3.63, 3.8) is 0 Å². The standard InChI is InChI=1S/C13H12F3NO3/c14-13(15,16)9-3-1-8(2-4-9)7-10(18)17-12(5-6-12)11(19)20/h1-4H,5-7H2,(H,17,18)(H,19,20). The smallest absolute Gasteiger partial charge is 0.416 e. The summed E-state index contributed by atoms with van der Waals surface area (Å²) in [6.07, 6.45) is -3.81. The number of amides is 1. The van der Waals surface area contributed by atoms with E-state index in [1.165, 1.54) is 12.1 Å². The topological polar surface area (TPSA) is 66.4 Å². The molecule has 1 fully saturated rings. The Hall–Kier alpha value is -2.05. The highest BCUT2D eigenvalue weighted by Crippen LogP contribution is 2.35. The van der Waals surface area contributed by atoms with Gasteiger partial charge in [-0.1, -0.05) is 12.1 Å². The zero-order valence-electron chi connectivity index (χ0n) is 10.3. The minimum absolute atomic E-state index is 0.146. The number of nitrogens with one attached hydrogen (secondary N) is 1. The third-order valence-corrected chi connectivity index (χ3v) is 3.18. The van der Waals surface area contributed by atoms with Crippen molar-refractivity contribution in [2.24, 2.45) is 0 Å². The van der Waals surface area contributed by atoms with E-state index in [1.54, 1.807) is 0 Å². The van der Waals surface area contributed by atoms with E-state index in [0.717, 1.165) is 12.1 Å². The molecule has 1 aromatic rings. The molecule has 1 aliphatic carbocycles. The second-order valence-electron chi connectivity index (χ2n) is 4.81. The number of aliphatic carboxylic acids is 1. The third kappa shape index (κ3) is 3.09. The Morgan fingerprint density at radius 1 is 1.20 bits per heavy atom. The zero-order chi connectivity index (χ0) is 15.0. The van der Waals surface area contributed by atoms with Crippen LogP contribution in [0.4, 0.5) is 13.2 Å². The van der Waals surface area contributed by atoms with Gasteiger partial charge >= 0.3 is 12.1 Å². The molecule has 1 saturated carbocycles. The maximum Gasteiger partial charge on any atom is 0.416 e. The van der Waals surface area contributed by atoms with Gasteiger partial charge in [0, 0.05) is 0 Å². The summed E-state index contributed by atoms with van der Waals surface area (Å²) in [5, 5.41) is 11.3. The molecular weight excluding hydrogens is 275 g/mol. The molecule has 4 nitrogen and oxygen atoms in total. The van der Waals surface area contributed by atoms with Crippen molar-refractivity contribution in [1.82, 2.24) is 5.32 Å². The van der Waals surface area contributed by atoms with Gasteiger partial charge in [0.1, 0.15) is 5.54 Å². The molecule has 0 atom stereocenters. The lowest BCUT2D eigenvalue weighted by molar-refractivity contribution is -0.143. The predicted molar refractivity (Wildman–Crippen MR) is 62.9 cm³/mol. The van der Waals surface area contributed by atoms with Crippen molar-refractivity contribution in [3.8, 4) is 0 Å². The Morgan fingerprint density at radius 2 is 1.75 bits per heavy atom. The molecule has 2 N–H and O–H groups in total. The van der Waals surface area contributed by atoms with E-state index in [9.17, 15) is 22.8 Å². The normalized spacial score (nSPS) is 16.6. The summed E-state index contributed by atoms with van der Waals surface area (Å²) in [5.74, 6) is -1.59. The fraction of sp³-hybridized carbons (Fsp3) is 0.385. The molecule has 1 amide bonds. The van der Waals surface area contributed by atoms with Gasteiger partial charge in [-0.15, -0.1) is 0 Å². The lowest BCUT2D eigenvalue weighted by Crippen LogP contribution is -2.43. The van der Waals surface area contributed by atoms with Gasteiger partial charge in [-0.25, -0.2) is 4.79 Å². The number of halogens is 3. The molecule has 108 valence electrons. The van der Waals surface area contributed by atoms with E-state index < -0.39 is 29.2 Å². The second-order valence-corrected chi connectivity index (χ2v) is 4.81. The van der Waals surface area contributed by atoms with Crippen LogP contribution >= 0.6 is 0 Å². The number of carboxylic acid groups (broad SMARTS) is 1. The van der Waals surface area contributed by atoms with Gasteiger partial charge in [0.15, 0.2) is 0 Å². The highest BCUT2D eigenvalue weighted by atomic mass is 19.4. The average molecular weight is 287 g/mol. The Kier molecular flexibility index (Phi) is 3.45. The molecule has 20 heavy (non-hydrogen) atoms. The summed E-state index contributed by atoms with van der Waals surface area (Å²) >= 11 is 0. The van der Waals surface area contributed by atoms with E-state index in [-0.39, 0.29) is 6.42 Å². The lowest BCUT2D eigenvalue weighted by atomic mass is 10.1. The van der Waals surface area contributed by atoms with Crippen LogP contribution in [0.15, 0.2) is 24.3 Å². The van der Waals surface area contributed by atoms with Gasteiger partial charge in [-0.05, 0) is 30.5 Å². The van der Waals surface area contributed by atoms with Crippen LogP contribution in [0.5, 0.6) is 0 Å². The molecule has 0 heterocycles. The van der Waals surface area contributed by atoms with Crippen molar-refractivity contribution in [1.29, 1.82) is 0 Å². The molecule has 0 saturated heterocycles. The molecule has 0 bridgehead atoms. The first kappa shape index (κ1) is 14.4. The molecule has 0 aromatic heterocycles. The van der Waals surface area contributed by atoms with E-state index in [0.29, 0.717) is 18.4 Å². The summed E-state index contributed by atoms with van der Waals surface area (Å²) in [6, 6.07) is 4.21. The highest BCUT2D eigenvalue weighted by molar-refractivity contribution is 5.90. The molecule has 7 heteroatoms. The molecule has 0 radical (unpaired) electrons. The first-order valence-electron chi connectivity index (χ1n) is 5.93. The molecule has 0 spiro atoms. The van der Waals surface area contributed by atoms with Gasteiger partial charge in [-0.2, -0.15) is 13.2 Å². The maximum absolute atomic E-state index is 12.4. The fourth-order valence-electron chi connectivity index (χ4n) is 1.83. The summed E-state index contributed by atoms with van der Waals surface area (Å²) < 4.78 is 37.1. The molecule has 1 aliphatic rings. The second kappa shape index (κ2) is 4.81. The van der Waals surface area contributed by atoms with Crippen molar-refractivity contribution < 1.29 is 27.9 Å². The third-order valence-electron chi connectivity index (χ3n) is 3.18. The quantitative estimate of drug-likeness (QED) is 0.890. The average Bonchev–Trinajstić information content (AvgIpc) is 3.09. The van der Waals surface area contributed by atoms with E-state index in [1.807, 2.05) is 0 Å². The van der Waals surface area contributed by atoms with Gasteiger partial charge in [0.25, 0.3) is 0 Å². The van der Waals surface area contributed by atoms with E-state index >= 15 is 0 Å². The monoisotopic (exact) mass is 287 g/mol.